The molecule has 1 heterocycles. The summed E-state index contributed by atoms with van der Waals surface area (Å²) in [5.74, 6) is -0.983. The predicted octanol–water partition coefficient (Wildman–Crippen LogP) is 6.28. The van der Waals surface area contributed by atoms with E-state index in [1.54, 1.807) is 24.3 Å². The van der Waals surface area contributed by atoms with Crippen molar-refractivity contribution in [2.45, 2.75) is 32.7 Å². The minimum Gasteiger partial charge on any atom is -0.492 e. The second kappa shape index (κ2) is 13.6. The maximum absolute atomic E-state index is 13.1. The van der Waals surface area contributed by atoms with Crippen molar-refractivity contribution in [2.75, 3.05) is 27.2 Å². The fourth-order valence-electron chi connectivity index (χ4n) is 3.91. The normalized spacial score (nSPS) is 12.0. The van der Waals surface area contributed by atoms with Gasteiger partial charge in [-0.3, -0.25) is 9.59 Å². The van der Waals surface area contributed by atoms with Gasteiger partial charge in [0.05, 0.1) is 23.7 Å². The van der Waals surface area contributed by atoms with Gasteiger partial charge in [-0.1, -0.05) is 61.3 Å². The van der Waals surface area contributed by atoms with E-state index in [9.17, 15) is 14.7 Å². The molecule has 0 aliphatic carbocycles. The van der Waals surface area contributed by atoms with Gasteiger partial charge in [0.15, 0.2) is 0 Å². The van der Waals surface area contributed by atoms with Crippen molar-refractivity contribution in [3.63, 3.8) is 0 Å². The number of pyridine rings is 1. The predicted molar refractivity (Wildman–Crippen MR) is 152 cm³/mol. The van der Waals surface area contributed by atoms with E-state index in [2.05, 4.69) is 10.2 Å². The summed E-state index contributed by atoms with van der Waals surface area (Å²) in [6.07, 6.45) is 0.652. The minimum atomic E-state index is -0.981. The first kappa shape index (κ1) is 29.4. The molecule has 2 aromatic carbocycles. The molecule has 0 saturated heterocycles. The van der Waals surface area contributed by atoms with Crippen molar-refractivity contribution in [3.8, 4) is 28.1 Å². The molecule has 0 unspecified atom stereocenters. The highest BCUT2D eigenvalue weighted by Gasteiger charge is 2.22. The Morgan fingerprint density at radius 1 is 1.03 bits per heavy atom. The Kier molecular flexibility index (Phi) is 10.5. The van der Waals surface area contributed by atoms with E-state index in [1.165, 1.54) is 0 Å². The molecule has 3 rings (SSSR count). The van der Waals surface area contributed by atoms with Crippen LogP contribution in [0.15, 0.2) is 54.6 Å². The highest BCUT2D eigenvalue weighted by atomic mass is 35.5. The van der Waals surface area contributed by atoms with Crippen LogP contribution in [0.2, 0.25) is 10.0 Å². The average molecular weight is 559 g/mol. The average Bonchev–Trinajstić information content (AvgIpc) is 2.86. The van der Waals surface area contributed by atoms with Crippen LogP contribution in [0.5, 0.6) is 5.75 Å². The third-order valence-electron chi connectivity index (χ3n) is 6.02. The number of hydrogen-bond acceptors (Lipinski definition) is 5. The highest BCUT2D eigenvalue weighted by molar-refractivity contribution is 6.33. The van der Waals surface area contributed by atoms with Crippen LogP contribution in [0.3, 0.4) is 0 Å². The van der Waals surface area contributed by atoms with Crippen LogP contribution in [0.1, 0.15) is 37.2 Å². The number of rotatable bonds is 12. The standard InChI is InChI=1S/C29H33Cl2N3O4/c1-18(2)25(17-27(35)36)33-29(37)24-13-11-21(20-8-5-6-9-22(20)30)28(32-24)19-10-12-23(31)26(16-19)38-15-7-14-34(3)4/h5-6,8-13,16,18,25H,7,14-15,17H2,1-4H3,(H,33,37)(H,35,36)/t25-/m0/s1. The largest absolute Gasteiger partial charge is 0.492 e. The summed E-state index contributed by atoms with van der Waals surface area (Å²) in [7, 11) is 4.01. The molecule has 0 spiro atoms. The van der Waals surface area contributed by atoms with Crippen molar-refractivity contribution in [1.82, 2.24) is 15.2 Å². The second-order valence-electron chi connectivity index (χ2n) is 9.64. The van der Waals surface area contributed by atoms with E-state index < -0.39 is 17.9 Å². The first-order chi connectivity index (χ1) is 18.1. The van der Waals surface area contributed by atoms with Gasteiger partial charge in [-0.2, -0.15) is 0 Å². The summed E-state index contributed by atoms with van der Waals surface area (Å²) >= 11 is 13.0. The molecule has 0 saturated carbocycles. The first-order valence-electron chi connectivity index (χ1n) is 12.4. The molecule has 1 atom stereocenters. The van der Waals surface area contributed by atoms with Gasteiger partial charge in [0.2, 0.25) is 0 Å². The third kappa shape index (κ3) is 7.93. The van der Waals surface area contributed by atoms with E-state index in [1.807, 2.05) is 58.3 Å². The number of ether oxygens (including phenoxy) is 1. The Balaban J connectivity index is 2.03. The van der Waals surface area contributed by atoms with Crippen molar-refractivity contribution < 1.29 is 19.4 Å². The molecule has 0 aliphatic rings. The van der Waals surface area contributed by atoms with Crippen LogP contribution in [-0.4, -0.2) is 60.2 Å². The van der Waals surface area contributed by atoms with Gasteiger partial charge in [-0.25, -0.2) is 4.98 Å². The summed E-state index contributed by atoms with van der Waals surface area (Å²) in [4.78, 5) is 31.2. The number of halogens is 2. The number of benzene rings is 2. The fourth-order valence-corrected chi connectivity index (χ4v) is 4.32. The van der Waals surface area contributed by atoms with Crippen molar-refractivity contribution >= 4 is 35.1 Å². The molecule has 0 fully saturated rings. The summed E-state index contributed by atoms with van der Waals surface area (Å²) in [6.45, 7) is 5.10. The molecule has 38 heavy (non-hydrogen) atoms. The van der Waals surface area contributed by atoms with Crippen molar-refractivity contribution in [2.24, 2.45) is 5.92 Å². The molecule has 0 bridgehead atoms. The molecule has 7 nitrogen and oxygen atoms in total. The number of nitrogens with one attached hydrogen (secondary N) is 1. The maximum Gasteiger partial charge on any atom is 0.305 e. The zero-order valence-electron chi connectivity index (χ0n) is 22.0. The summed E-state index contributed by atoms with van der Waals surface area (Å²) in [5.41, 5.74) is 2.89. The Bertz CT molecular complexity index is 1280. The number of carboxylic acid groups (broad SMARTS) is 1. The number of hydrogen-bond donors (Lipinski definition) is 2. The van der Waals surface area contributed by atoms with E-state index >= 15 is 0 Å². The van der Waals surface area contributed by atoms with Crippen molar-refractivity contribution in [3.05, 3.63) is 70.3 Å². The Labute approximate surface area is 233 Å². The summed E-state index contributed by atoms with van der Waals surface area (Å²) in [5, 5.41) is 13.1. The van der Waals surface area contributed by atoms with Gasteiger partial charge in [0.1, 0.15) is 11.4 Å². The quantitative estimate of drug-likeness (QED) is 0.254. The first-order valence-corrected chi connectivity index (χ1v) is 13.2. The number of nitrogens with zero attached hydrogens (tertiary/aromatic N) is 2. The Morgan fingerprint density at radius 3 is 2.42 bits per heavy atom. The van der Waals surface area contributed by atoms with Crippen LogP contribution in [-0.2, 0) is 4.79 Å². The lowest BCUT2D eigenvalue weighted by atomic mass is 9.98. The number of aliphatic carboxylic acids is 1. The SMILES string of the molecule is CC(C)[C@H](CC(=O)O)NC(=O)c1ccc(-c2ccccc2Cl)c(-c2ccc(Cl)c(OCCCN(C)C)c2)n1. The number of carbonyl (C=O) groups excluding carboxylic acids is 1. The molecule has 1 aromatic heterocycles. The maximum atomic E-state index is 13.1. The van der Waals surface area contributed by atoms with E-state index in [4.69, 9.17) is 32.9 Å². The lowest BCUT2D eigenvalue weighted by Crippen LogP contribution is -2.40. The number of aromatic nitrogens is 1. The molecular weight excluding hydrogens is 525 g/mol. The van der Waals surface area contributed by atoms with E-state index in [0.717, 1.165) is 24.1 Å². The van der Waals surface area contributed by atoms with Crippen LogP contribution in [0.4, 0.5) is 0 Å². The smallest absolute Gasteiger partial charge is 0.305 e. The molecule has 0 aliphatic heterocycles. The molecule has 0 radical (unpaired) electrons. The van der Waals surface area contributed by atoms with Gasteiger partial charge in [-0.15, -0.1) is 0 Å². The van der Waals surface area contributed by atoms with E-state index in [-0.39, 0.29) is 18.0 Å². The fraction of sp³-hybridized carbons (Fsp3) is 0.345. The Morgan fingerprint density at radius 2 is 1.76 bits per heavy atom. The molecular formula is C29H33Cl2N3O4. The molecule has 3 aromatic rings. The van der Waals surface area contributed by atoms with Crippen LogP contribution >= 0.6 is 23.2 Å². The lowest BCUT2D eigenvalue weighted by molar-refractivity contribution is -0.137. The molecule has 1 amide bonds. The topological polar surface area (TPSA) is 91.8 Å². The van der Waals surface area contributed by atoms with Crippen LogP contribution < -0.4 is 10.1 Å². The summed E-state index contributed by atoms with van der Waals surface area (Å²) < 4.78 is 5.96. The van der Waals surface area contributed by atoms with E-state index in [0.29, 0.717) is 33.7 Å². The van der Waals surface area contributed by atoms with Gasteiger partial charge in [0, 0.05) is 34.3 Å². The third-order valence-corrected chi connectivity index (χ3v) is 6.66. The van der Waals surface area contributed by atoms with Crippen LogP contribution in [0.25, 0.3) is 22.4 Å². The zero-order valence-corrected chi connectivity index (χ0v) is 23.5. The minimum absolute atomic E-state index is 0.0691. The zero-order chi connectivity index (χ0) is 27.8. The Hall–Kier alpha value is -3.13. The second-order valence-corrected chi connectivity index (χ2v) is 10.5. The molecule has 9 heteroatoms. The number of amides is 1. The lowest BCUT2D eigenvalue weighted by Gasteiger charge is -2.21. The van der Waals surface area contributed by atoms with Gasteiger partial charge in [0.25, 0.3) is 5.91 Å². The summed E-state index contributed by atoms with van der Waals surface area (Å²) in [6, 6.07) is 15.7. The number of carboxylic acids is 1. The van der Waals surface area contributed by atoms with Gasteiger partial charge >= 0.3 is 5.97 Å². The van der Waals surface area contributed by atoms with Gasteiger partial charge < -0.3 is 20.1 Å². The van der Waals surface area contributed by atoms with Gasteiger partial charge in [-0.05, 0) is 56.8 Å². The monoisotopic (exact) mass is 557 g/mol. The van der Waals surface area contributed by atoms with Crippen LogP contribution in [0, 0.1) is 5.92 Å². The van der Waals surface area contributed by atoms with Crippen molar-refractivity contribution in [1.29, 1.82) is 0 Å². The molecule has 2 N–H and O–H groups in total. The highest BCUT2D eigenvalue weighted by Crippen LogP contribution is 2.37. The molecule has 202 valence electrons. The number of carbonyl (C=O) groups is 2.